The van der Waals surface area contributed by atoms with E-state index >= 15 is 0 Å². The fraction of sp³-hybridized carbons (Fsp3) is 1.00. The number of methoxy groups -OCH3 is 4. The van der Waals surface area contributed by atoms with Crippen molar-refractivity contribution in [3.05, 3.63) is 0 Å². The molecule has 0 bridgehead atoms. The molecule has 1 heterocycles. The predicted molar refractivity (Wildman–Crippen MR) is 48.7 cm³/mol. The molecule has 0 amide bonds. The summed E-state index contributed by atoms with van der Waals surface area (Å²) in [6.45, 7) is 0. The summed E-state index contributed by atoms with van der Waals surface area (Å²) in [5, 5.41) is 0. The quantitative estimate of drug-likeness (QED) is 0.620. The Bertz CT molecular complexity index is 171. The molecule has 1 aliphatic heterocycles. The first-order valence-electron chi connectivity index (χ1n) is 4.53. The van der Waals surface area contributed by atoms with Crippen LogP contribution in [0.3, 0.4) is 0 Å². The summed E-state index contributed by atoms with van der Waals surface area (Å²) in [4.78, 5) is 0. The Balaban J connectivity index is 2.67. The predicted octanol–water partition coefficient (Wildman–Crippen LogP) is 0.731. The Morgan fingerprint density at radius 2 is 1.86 bits per heavy atom. The van der Waals surface area contributed by atoms with Crippen molar-refractivity contribution >= 4 is 0 Å². The van der Waals surface area contributed by atoms with Crippen LogP contribution in [0, 0.1) is 0 Å². The molecule has 1 saturated heterocycles. The van der Waals surface area contributed by atoms with Gasteiger partial charge in [0.2, 0.25) is 12.1 Å². The summed E-state index contributed by atoms with van der Waals surface area (Å²) in [7, 11) is 6.28. The van der Waals surface area contributed by atoms with Crippen LogP contribution in [0.5, 0.6) is 0 Å². The zero-order valence-electron chi connectivity index (χ0n) is 9.11. The van der Waals surface area contributed by atoms with E-state index in [1.807, 2.05) is 0 Å². The van der Waals surface area contributed by atoms with Gasteiger partial charge in [-0.05, 0) is 0 Å². The zero-order valence-corrected chi connectivity index (χ0v) is 9.11. The smallest absolute Gasteiger partial charge is 0.222 e. The fourth-order valence-electron chi connectivity index (χ4n) is 1.70. The van der Waals surface area contributed by atoms with Crippen molar-refractivity contribution in [3.8, 4) is 0 Å². The van der Waals surface area contributed by atoms with E-state index in [2.05, 4.69) is 0 Å². The Labute approximate surface area is 84.2 Å². The first kappa shape index (κ1) is 11.9. The van der Waals surface area contributed by atoms with Crippen molar-refractivity contribution < 1.29 is 23.7 Å². The van der Waals surface area contributed by atoms with Crippen molar-refractivity contribution in [3.63, 3.8) is 0 Å². The molecule has 1 rings (SSSR count). The van der Waals surface area contributed by atoms with Gasteiger partial charge in [0.25, 0.3) is 0 Å². The molecule has 0 unspecified atom stereocenters. The molecule has 0 aliphatic carbocycles. The van der Waals surface area contributed by atoms with E-state index in [4.69, 9.17) is 23.7 Å². The molecule has 0 aromatic heterocycles. The van der Waals surface area contributed by atoms with Gasteiger partial charge in [-0.2, -0.15) is 0 Å². The maximum Gasteiger partial charge on any atom is 0.222 e. The van der Waals surface area contributed by atoms with Gasteiger partial charge in [0.1, 0.15) is 0 Å². The first-order chi connectivity index (χ1) is 6.72. The average Bonchev–Trinajstić information content (AvgIpc) is 2.65. The van der Waals surface area contributed by atoms with Crippen LogP contribution in [0.4, 0.5) is 0 Å². The van der Waals surface area contributed by atoms with Gasteiger partial charge >= 0.3 is 0 Å². The monoisotopic (exact) mass is 206 g/mol. The molecule has 1 aliphatic rings. The van der Waals surface area contributed by atoms with Crippen LogP contribution in [0.15, 0.2) is 0 Å². The van der Waals surface area contributed by atoms with E-state index in [0.717, 1.165) is 6.42 Å². The van der Waals surface area contributed by atoms with Crippen molar-refractivity contribution in [1.82, 2.24) is 0 Å². The van der Waals surface area contributed by atoms with E-state index in [1.165, 1.54) is 0 Å². The zero-order chi connectivity index (χ0) is 10.6. The molecule has 0 N–H and O–H groups in total. The third-order valence-electron chi connectivity index (χ3n) is 2.46. The molecular formula is C9H18O5. The van der Waals surface area contributed by atoms with Gasteiger partial charge in [-0.3, -0.25) is 0 Å². The molecule has 1 fully saturated rings. The summed E-state index contributed by atoms with van der Waals surface area (Å²) in [5.74, 6) is -0.843. The molecule has 0 aromatic carbocycles. The van der Waals surface area contributed by atoms with Crippen LogP contribution in [0.25, 0.3) is 0 Å². The summed E-state index contributed by atoms with van der Waals surface area (Å²) < 4.78 is 26.3. The molecule has 14 heavy (non-hydrogen) atoms. The highest BCUT2D eigenvalue weighted by Gasteiger charge is 2.48. The van der Waals surface area contributed by atoms with Crippen LogP contribution >= 0.6 is 0 Å². The minimum Gasteiger partial charge on any atom is -0.356 e. The van der Waals surface area contributed by atoms with Gasteiger partial charge in [0.05, 0.1) is 0 Å². The molecule has 0 aromatic rings. The summed E-state index contributed by atoms with van der Waals surface area (Å²) in [6, 6.07) is 0. The average molecular weight is 206 g/mol. The van der Waals surface area contributed by atoms with Crippen LogP contribution in [0.2, 0.25) is 0 Å². The molecule has 84 valence electrons. The molecule has 2 atom stereocenters. The summed E-state index contributed by atoms with van der Waals surface area (Å²) >= 11 is 0. The topological polar surface area (TPSA) is 46.2 Å². The van der Waals surface area contributed by atoms with E-state index in [9.17, 15) is 0 Å². The van der Waals surface area contributed by atoms with Crippen molar-refractivity contribution in [1.29, 1.82) is 0 Å². The lowest BCUT2D eigenvalue weighted by molar-refractivity contribution is -0.345. The lowest BCUT2D eigenvalue weighted by atomic mass is 10.2. The van der Waals surface area contributed by atoms with Gasteiger partial charge in [0.15, 0.2) is 6.29 Å². The van der Waals surface area contributed by atoms with E-state index in [-0.39, 0.29) is 6.29 Å². The SMILES string of the molecule is COC(OC)[C@@]1(OC)CC[C@H](OC)O1. The number of ether oxygens (including phenoxy) is 5. The van der Waals surface area contributed by atoms with Gasteiger partial charge in [-0.1, -0.05) is 0 Å². The maximum absolute atomic E-state index is 5.60. The highest BCUT2D eigenvalue weighted by molar-refractivity contribution is 4.81. The number of hydrogen-bond acceptors (Lipinski definition) is 5. The van der Waals surface area contributed by atoms with Gasteiger partial charge < -0.3 is 23.7 Å². The third-order valence-corrected chi connectivity index (χ3v) is 2.46. The van der Waals surface area contributed by atoms with E-state index in [1.54, 1.807) is 28.4 Å². The molecule has 0 saturated carbocycles. The van der Waals surface area contributed by atoms with Gasteiger partial charge in [-0.25, -0.2) is 0 Å². The minimum atomic E-state index is -0.843. The molecule has 0 spiro atoms. The van der Waals surface area contributed by atoms with E-state index in [0.29, 0.717) is 6.42 Å². The Morgan fingerprint density at radius 1 is 1.21 bits per heavy atom. The van der Waals surface area contributed by atoms with Crippen LogP contribution in [-0.4, -0.2) is 46.8 Å². The third kappa shape index (κ3) is 2.07. The standard InChI is InChI=1S/C9H18O5/c1-10-7-5-6-9(13-4,14-7)8(11-2)12-3/h7-8H,5-6H2,1-4H3/t7-,9-/m1/s1. The molecule has 0 radical (unpaired) electrons. The molecular weight excluding hydrogens is 188 g/mol. The van der Waals surface area contributed by atoms with E-state index < -0.39 is 12.1 Å². The highest BCUT2D eigenvalue weighted by Crippen LogP contribution is 2.35. The Morgan fingerprint density at radius 3 is 2.21 bits per heavy atom. The van der Waals surface area contributed by atoms with Gasteiger partial charge in [-0.15, -0.1) is 0 Å². The van der Waals surface area contributed by atoms with Crippen LogP contribution < -0.4 is 0 Å². The largest absolute Gasteiger partial charge is 0.356 e. The fourth-order valence-corrected chi connectivity index (χ4v) is 1.70. The second kappa shape index (κ2) is 5.04. The van der Waals surface area contributed by atoms with Gasteiger partial charge in [0, 0.05) is 41.3 Å². The van der Waals surface area contributed by atoms with Crippen molar-refractivity contribution in [2.75, 3.05) is 28.4 Å². The van der Waals surface area contributed by atoms with Crippen molar-refractivity contribution in [2.24, 2.45) is 0 Å². The Kier molecular flexibility index (Phi) is 4.28. The van der Waals surface area contributed by atoms with Crippen molar-refractivity contribution in [2.45, 2.75) is 31.2 Å². The first-order valence-corrected chi connectivity index (χ1v) is 4.53. The highest BCUT2D eigenvalue weighted by atomic mass is 16.8. The summed E-state index contributed by atoms with van der Waals surface area (Å²) in [6.07, 6.45) is 0.678. The normalized spacial score (nSPS) is 32.8. The Hall–Kier alpha value is -0.200. The molecule has 5 heteroatoms. The maximum atomic E-state index is 5.60. The van der Waals surface area contributed by atoms with Crippen LogP contribution in [0.1, 0.15) is 12.8 Å². The number of hydrogen-bond donors (Lipinski definition) is 0. The second-order valence-electron chi connectivity index (χ2n) is 3.14. The number of rotatable bonds is 5. The minimum absolute atomic E-state index is 0.247. The second-order valence-corrected chi connectivity index (χ2v) is 3.14. The lowest BCUT2D eigenvalue weighted by Gasteiger charge is -2.33. The summed E-state index contributed by atoms with van der Waals surface area (Å²) in [5.41, 5.74) is 0. The lowest BCUT2D eigenvalue weighted by Crippen LogP contribution is -2.46. The van der Waals surface area contributed by atoms with Crippen LogP contribution in [-0.2, 0) is 23.7 Å². The molecule has 5 nitrogen and oxygen atoms in total.